The fourth-order valence-electron chi connectivity index (χ4n) is 2.12. The maximum atomic E-state index is 12.3. The Morgan fingerprint density at radius 3 is 2.59 bits per heavy atom. The largest absolute Gasteiger partial charge is 0.322 e. The molecule has 0 bridgehead atoms. The van der Waals surface area contributed by atoms with Crippen LogP contribution in [0.1, 0.15) is 15.9 Å². The lowest BCUT2D eigenvalue weighted by Crippen LogP contribution is -2.13. The number of carbonyl (C=O) groups excluding carboxylic acids is 1. The van der Waals surface area contributed by atoms with Crippen molar-refractivity contribution in [3.05, 3.63) is 77.1 Å². The highest BCUT2D eigenvalue weighted by Gasteiger charge is 2.09. The van der Waals surface area contributed by atoms with Crippen LogP contribution in [0, 0.1) is 6.92 Å². The molecular formula is C17H14ClN3O. The van der Waals surface area contributed by atoms with Crippen LogP contribution >= 0.6 is 11.6 Å². The summed E-state index contributed by atoms with van der Waals surface area (Å²) in [5.74, 6) is -0.169. The Bertz CT molecular complexity index is 795. The number of carbonyl (C=O) groups is 1. The summed E-state index contributed by atoms with van der Waals surface area (Å²) in [4.78, 5) is 12.3. The van der Waals surface area contributed by atoms with Crippen molar-refractivity contribution in [2.45, 2.75) is 6.92 Å². The van der Waals surface area contributed by atoms with Crippen molar-refractivity contribution < 1.29 is 4.79 Å². The fourth-order valence-corrected chi connectivity index (χ4v) is 2.30. The molecule has 1 N–H and O–H groups in total. The van der Waals surface area contributed by atoms with Crippen molar-refractivity contribution in [3.8, 4) is 5.69 Å². The molecule has 1 amide bonds. The van der Waals surface area contributed by atoms with Gasteiger partial charge in [-0.15, -0.1) is 0 Å². The molecule has 0 spiro atoms. The second-order valence-electron chi connectivity index (χ2n) is 4.86. The van der Waals surface area contributed by atoms with E-state index >= 15 is 0 Å². The van der Waals surface area contributed by atoms with Gasteiger partial charge >= 0.3 is 0 Å². The van der Waals surface area contributed by atoms with Crippen LogP contribution in [0.2, 0.25) is 5.02 Å². The van der Waals surface area contributed by atoms with Crippen LogP contribution < -0.4 is 5.32 Å². The Labute approximate surface area is 133 Å². The summed E-state index contributed by atoms with van der Waals surface area (Å²) in [6.07, 6.45) is 3.56. The van der Waals surface area contributed by atoms with Gasteiger partial charge in [0.05, 0.1) is 5.69 Å². The Morgan fingerprint density at radius 1 is 1.14 bits per heavy atom. The first kappa shape index (κ1) is 14.4. The molecule has 22 heavy (non-hydrogen) atoms. The zero-order chi connectivity index (χ0) is 15.5. The monoisotopic (exact) mass is 311 g/mol. The SMILES string of the molecule is Cc1c(Cl)cccc1NC(=O)c1ccc(-n2cccn2)cc1. The molecule has 0 saturated carbocycles. The predicted octanol–water partition coefficient (Wildman–Crippen LogP) is 4.09. The third-order valence-corrected chi connectivity index (χ3v) is 3.82. The van der Waals surface area contributed by atoms with Crippen LogP contribution in [-0.2, 0) is 0 Å². The number of anilines is 1. The number of benzene rings is 2. The minimum Gasteiger partial charge on any atom is -0.322 e. The molecule has 0 aliphatic heterocycles. The summed E-state index contributed by atoms with van der Waals surface area (Å²) in [6.45, 7) is 1.87. The highest BCUT2D eigenvalue weighted by molar-refractivity contribution is 6.31. The number of nitrogens with zero attached hydrogens (tertiary/aromatic N) is 2. The third kappa shape index (κ3) is 2.87. The van der Waals surface area contributed by atoms with Crippen LogP contribution in [0.15, 0.2) is 60.9 Å². The zero-order valence-corrected chi connectivity index (χ0v) is 12.7. The molecule has 5 heteroatoms. The van der Waals surface area contributed by atoms with Gasteiger partial charge in [-0.3, -0.25) is 4.79 Å². The predicted molar refractivity (Wildman–Crippen MR) is 87.7 cm³/mol. The molecule has 3 aromatic rings. The molecule has 0 unspecified atom stereocenters. The number of hydrogen-bond acceptors (Lipinski definition) is 2. The number of aromatic nitrogens is 2. The summed E-state index contributed by atoms with van der Waals surface area (Å²) in [5.41, 5.74) is 3.05. The second-order valence-corrected chi connectivity index (χ2v) is 5.27. The standard InChI is InChI=1S/C17H14ClN3O/c1-12-15(18)4-2-5-16(12)20-17(22)13-6-8-14(9-7-13)21-11-3-10-19-21/h2-11H,1H3,(H,20,22). The van der Waals surface area contributed by atoms with Crippen LogP contribution in [0.3, 0.4) is 0 Å². The van der Waals surface area contributed by atoms with Crippen molar-refractivity contribution in [2.24, 2.45) is 0 Å². The first-order chi connectivity index (χ1) is 10.6. The second kappa shape index (κ2) is 6.03. The van der Waals surface area contributed by atoms with E-state index in [9.17, 15) is 4.79 Å². The average molecular weight is 312 g/mol. The molecule has 0 aliphatic rings. The molecule has 0 aliphatic carbocycles. The highest BCUT2D eigenvalue weighted by atomic mass is 35.5. The lowest BCUT2D eigenvalue weighted by molar-refractivity contribution is 0.102. The molecule has 3 rings (SSSR count). The molecule has 110 valence electrons. The van der Waals surface area contributed by atoms with Crippen LogP contribution in [0.5, 0.6) is 0 Å². The van der Waals surface area contributed by atoms with E-state index in [1.807, 2.05) is 43.5 Å². The summed E-state index contributed by atoms with van der Waals surface area (Å²) >= 11 is 6.06. The van der Waals surface area contributed by atoms with Crippen molar-refractivity contribution in [1.82, 2.24) is 9.78 Å². The van der Waals surface area contributed by atoms with Gasteiger partial charge in [-0.2, -0.15) is 5.10 Å². The molecule has 1 aromatic heterocycles. The number of hydrogen-bond donors (Lipinski definition) is 1. The minimum absolute atomic E-state index is 0.169. The molecule has 0 radical (unpaired) electrons. The van der Waals surface area contributed by atoms with Gasteiger partial charge in [0.2, 0.25) is 0 Å². The summed E-state index contributed by atoms with van der Waals surface area (Å²) < 4.78 is 1.74. The number of amides is 1. The molecule has 0 saturated heterocycles. The Balaban J connectivity index is 1.79. The van der Waals surface area contributed by atoms with Gasteiger partial charge in [0.1, 0.15) is 0 Å². The van der Waals surface area contributed by atoms with Gasteiger partial charge in [0.25, 0.3) is 5.91 Å². The van der Waals surface area contributed by atoms with Gasteiger partial charge in [-0.05, 0) is 55.0 Å². The Kier molecular flexibility index (Phi) is 3.94. The smallest absolute Gasteiger partial charge is 0.255 e. The summed E-state index contributed by atoms with van der Waals surface area (Å²) in [5, 5.41) is 7.66. The Morgan fingerprint density at radius 2 is 1.91 bits per heavy atom. The maximum absolute atomic E-state index is 12.3. The number of rotatable bonds is 3. The number of nitrogens with one attached hydrogen (secondary N) is 1. The topological polar surface area (TPSA) is 46.9 Å². The van der Waals surface area contributed by atoms with Crippen LogP contribution in [-0.4, -0.2) is 15.7 Å². The third-order valence-electron chi connectivity index (χ3n) is 3.41. The molecule has 0 fully saturated rings. The van der Waals surface area contributed by atoms with E-state index in [1.54, 1.807) is 29.1 Å². The van der Waals surface area contributed by atoms with E-state index in [4.69, 9.17) is 11.6 Å². The highest BCUT2D eigenvalue weighted by Crippen LogP contribution is 2.23. The Hall–Kier alpha value is -2.59. The fraction of sp³-hybridized carbons (Fsp3) is 0.0588. The molecule has 2 aromatic carbocycles. The van der Waals surface area contributed by atoms with Crippen molar-refractivity contribution in [2.75, 3.05) is 5.32 Å². The van der Waals surface area contributed by atoms with E-state index in [-0.39, 0.29) is 5.91 Å². The number of halogens is 1. The van der Waals surface area contributed by atoms with E-state index < -0.39 is 0 Å². The average Bonchev–Trinajstić information content (AvgIpc) is 3.06. The van der Waals surface area contributed by atoms with Gasteiger partial charge in [-0.1, -0.05) is 17.7 Å². The van der Waals surface area contributed by atoms with Crippen molar-refractivity contribution in [3.63, 3.8) is 0 Å². The van der Waals surface area contributed by atoms with Crippen LogP contribution in [0.25, 0.3) is 5.69 Å². The zero-order valence-electron chi connectivity index (χ0n) is 12.0. The normalized spacial score (nSPS) is 10.5. The quantitative estimate of drug-likeness (QED) is 0.792. The maximum Gasteiger partial charge on any atom is 0.255 e. The van der Waals surface area contributed by atoms with E-state index in [2.05, 4.69) is 10.4 Å². The van der Waals surface area contributed by atoms with Gasteiger partial charge < -0.3 is 5.32 Å². The lowest BCUT2D eigenvalue weighted by atomic mass is 10.1. The molecule has 1 heterocycles. The molecular weight excluding hydrogens is 298 g/mol. The first-order valence-electron chi connectivity index (χ1n) is 6.82. The van der Waals surface area contributed by atoms with E-state index in [0.717, 1.165) is 11.3 Å². The van der Waals surface area contributed by atoms with Crippen molar-refractivity contribution in [1.29, 1.82) is 0 Å². The minimum atomic E-state index is -0.169. The van der Waals surface area contributed by atoms with E-state index in [0.29, 0.717) is 16.3 Å². The van der Waals surface area contributed by atoms with Gasteiger partial charge in [0.15, 0.2) is 0 Å². The van der Waals surface area contributed by atoms with Gasteiger partial charge in [0, 0.05) is 28.7 Å². The van der Waals surface area contributed by atoms with E-state index in [1.165, 1.54) is 0 Å². The molecule has 0 atom stereocenters. The van der Waals surface area contributed by atoms with Crippen molar-refractivity contribution >= 4 is 23.2 Å². The molecule has 4 nitrogen and oxygen atoms in total. The first-order valence-corrected chi connectivity index (χ1v) is 7.19. The van der Waals surface area contributed by atoms with Gasteiger partial charge in [-0.25, -0.2) is 4.68 Å². The van der Waals surface area contributed by atoms with Crippen LogP contribution in [0.4, 0.5) is 5.69 Å². The lowest BCUT2D eigenvalue weighted by Gasteiger charge is -2.10. The summed E-state index contributed by atoms with van der Waals surface area (Å²) in [6, 6.07) is 14.5. The summed E-state index contributed by atoms with van der Waals surface area (Å²) in [7, 11) is 0.